The molecule has 0 amide bonds. The molecule has 13 heteroatoms. The summed E-state index contributed by atoms with van der Waals surface area (Å²) >= 11 is 0. The van der Waals surface area contributed by atoms with Crippen molar-refractivity contribution >= 4 is 56.4 Å². The van der Waals surface area contributed by atoms with Crippen LogP contribution in [0.5, 0.6) is 0 Å². The molecule has 0 spiro atoms. The summed E-state index contributed by atoms with van der Waals surface area (Å²) in [4.78, 5) is 18.8. The fourth-order valence-corrected chi connectivity index (χ4v) is 4.26. The summed E-state index contributed by atoms with van der Waals surface area (Å²) in [7, 11) is -3.35. The van der Waals surface area contributed by atoms with Gasteiger partial charge in [0.2, 0.25) is 27.9 Å². The minimum Gasteiger partial charge on any atom is -0.378 e. The van der Waals surface area contributed by atoms with Gasteiger partial charge in [-0.2, -0.15) is 20.1 Å². The van der Waals surface area contributed by atoms with E-state index in [9.17, 15) is 8.42 Å². The van der Waals surface area contributed by atoms with Gasteiger partial charge in [-0.1, -0.05) is 18.2 Å². The summed E-state index contributed by atoms with van der Waals surface area (Å²) in [5.74, 6) is 1.09. The summed E-state index contributed by atoms with van der Waals surface area (Å²) < 4.78 is 30.8. The van der Waals surface area contributed by atoms with Crippen LogP contribution in [-0.2, 0) is 14.8 Å². The first kappa shape index (κ1) is 23.5. The van der Waals surface area contributed by atoms with Crippen molar-refractivity contribution in [2.75, 3.05) is 52.9 Å². The van der Waals surface area contributed by atoms with E-state index >= 15 is 0 Å². The zero-order valence-corrected chi connectivity index (χ0v) is 20.3. The first-order valence-electron chi connectivity index (χ1n) is 11.2. The Morgan fingerprint density at radius 1 is 1.00 bits per heavy atom. The topological polar surface area (TPSA) is 150 Å². The highest BCUT2D eigenvalue weighted by atomic mass is 32.2. The molecule has 2 aromatic heterocycles. The Balaban J connectivity index is 1.37. The van der Waals surface area contributed by atoms with Crippen molar-refractivity contribution in [1.82, 2.24) is 19.9 Å². The SMILES string of the molecule is CS(=O)(=O)Nc1ccc(Nc2nc(N/N=C/c3c[nH]c4ccccc34)nc(N3CCOCC3)n2)cc1. The van der Waals surface area contributed by atoms with E-state index in [1.165, 1.54) is 0 Å². The molecule has 5 rings (SSSR count). The second-order valence-corrected chi connectivity index (χ2v) is 9.87. The average molecular weight is 508 g/mol. The van der Waals surface area contributed by atoms with Crippen LogP contribution in [0, 0.1) is 0 Å². The Labute approximate surface area is 207 Å². The molecule has 3 heterocycles. The van der Waals surface area contributed by atoms with Gasteiger partial charge in [0.1, 0.15) is 0 Å². The molecule has 186 valence electrons. The van der Waals surface area contributed by atoms with Gasteiger partial charge in [-0.15, -0.1) is 0 Å². The minimum atomic E-state index is -3.35. The number of nitrogens with zero attached hydrogens (tertiary/aromatic N) is 5. The van der Waals surface area contributed by atoms with Gasteiger partial charge in [-0.3, -0.25) is 4.72 Å². The zero-order valence-electron chi connectivity index (χ0n) is 19.5. The second-order valence-electron chi connectivity index (χ2n) is 8.12. The highest BCUT2D eigenvalue weighted by Gasteiger charge is 2.17. The monoisotopic (exact) mass is 507 g/mol. The van der Waals surface area contributed by atoms with Crippen LogP contribution < -0.4 is 20.4 Å². The lowest BCUT2D eigenvalue weighted by atomic mass is 10.2. The molecule has 0 bridgehead atoms. The van der Waals surface area contributed by atoms with Gasteiger partial charge in [-0.05, 0) is 30.3 Å². The van der Waals surface area contributed by atoms with E-state index in [0.29, 0.717) is 49.6 Å². The van der Waals surface area contributed by atoms with Gasteiger partial charge in [-0.25, -0.2) is 13.8 Å². The maximum Gasteiger partial charge on any atom is 0.250 e. The Kier molecular flexibility index (Phi) is 6.64. The van der Waals surface area contributed by atoms with Gasteiger partial charge in [0, 0.05) is 47.1 Å². The van der Waals surface area contributed by atoms with Crippen molar-refractivity contribution in [2.24, 2.45) is 5.10 Å². The third-order valence-corrected chi connectivity index (χ3v) is 5.96. The number of H-pyrrole nitrogens is 1. The van der Waals surface area contributed by atoms with Gasteiger partial charge in [0.05, 0.1) is 25.7 Å². The quantitative estimate of drug-likeness (QED) is 0.209. The maximum atomic E-state index is 11.4. The number of sulfonamides is 1. The molecular weight excluding hydrogens is 482 g/mol. The van der Waals surface area contributed by atoms with Crippen LogP contribution in [0.4, 0.5) is 29.2 Å². The lowest BCUT2D eigenvalue weighted by Crippen LogP contribution is -2.37. The Morgan fingerprint density at radius 3 is 2.50 bits per heavy atom. The fraction of sp³-hybridized carbons (Fsp3) is 0.217. The van der Waals surface area contributed by atoms with Crippen LogP contribution in [0.3, 0.4) is 0 Å². The number of para-hydroxylation sites is 1. The average Bonchev–Trinajstić information content (AvgIpc) is 3.28. The first-order valence-corrected chi connectivity index (χ1v) is 13.1. The maximum absolute atomic E-state index is 11.4. The van der Waals surface area contributed by atoms with Gasteiger partial charge in [0.15, 0.2) is 0 Å². The molecule has 36 heavy (non-hydrogen) atoms. The van der Waals surface area contributed by atoms with E-state index < -0.39 is 10.0 Å². The van der Waals surface area contributed by atoms with Crippen LogP contribution >= 0.6 is 0 Å². The van der Waals surface area contributed by atoms with E-state index in [0.717, 1.165) is 22.7 Å². The number of fused-ring (bicyclic) bond motifs is 1. The molecule has 1 aliphatic heterocycles. The molecule has 0 unspecified atom stereocenters. The summed E-state index contributed by atoms with van der Waals surface area (Å²) in [6.07, 6.45) is 4.70. The zero-order chi connectivity index (χ0) is 25.0. The van der Waals surface area contributed by atoms with Gasteiger partial charge >= 0.3 is 0 Å². The number of hydrogen-bond donors (Lipinski definition) is 4. The molecule has 1 aliphatic rings. The molecule has 1 saturated heterocycles. The minimum absolute atomic E-state index is 0.278. The van der Waals surface area contributed by atoms with E-state index in [1.54, 1.807) is 30.5 Å². The van der Waals surface area contributed by atoms with Gasteiger partial charge in [0.25, 0.3) is 0 Å². The second kappa shape index (κ2) is 10.2. The van der Waals surface area contributed by atoms with E-state index in [-0.39, 0.29) is 5.95 Å². The number of rotatable bonds is 8. The van der Waals surface area contributed by atoms with Crippen molar-refractivity contribution < 1.29 is 13.2 Å². The summed E-state index contributed by atoms with van der Waals surface area (Å²) in [6, 6.07) is 14.7. The number of morpholine rings is 1. The summed E-state index contributed by atoms with van der Waals surface area (Å²) in [5.41, 5.74) is 6.01. The predicted molar refractivity (Wildman–Crippen MR) is 141 cm³/mol. The van der Waals surface area contributed by atoms with E-state index in [2.05, 4.69) is 40.5 Å². The van der Waals surface area contributed by atoms with Crippen molar-refractivity contribution in [3.63, 3.8) is 0 Å². The number of nitrogens with one attached hydrogen (secondary N) is 4. The molecule has 4 aromatic rings. The molecule has 1 fully saturated rings. The van der Waals surface area contributed by atoms with Crippen molar-refractivity contribution in [3.05, 3.63) is 60.3 Å². The Hall–Kier alpha value is -4.23. The molecule has 12 nitrogen and oxygen atoms in total. The number of aromatic nitrogens is 4. The molecule has 0 aliphatic carbocycles. The molecule has 0 atom stereocenters. The van der Waals surface area contributed by atoms with Crippen LogP contribution in [-0.4, -0.2) is 67.1 Å². The summed E-state index contributed by atoms with van der Waals surface area (Å²) in [5, 5.41) is 8.54. The lowest BCUT2D eigenvalue weighted by molar-refractivity contribution is 0.122. The number of hydrazone groups is 1. The molecule has 4 N–H and O–H groups in total. The van der Waals surface area contributed by atoms with Gasteiger partial charge < -0.3 is 19.9 Å². The first-order chi connectivity index (χ1) is 17.4. The van der Waals surface area contributed by atoms with Crippen molar-refractivity contribution in [3.8, 4) is 0 Å². The normalized spacial score (nSPS) is 14.3. The lowest BCUT2D eigenvalue weighted by Gasteiger charge is -2.27. The van der Waals surface area contributed by atoms with Crippen LogP contribution in [0.25, 0.3) is 10.9 Å². The van der Waals surface area contributed by atoms with E-state index in [4.69, 9.17) is 4.74 Å². The third kappa shape index (κ3) is 5.87. The molecule has 0 radical (unpaired) electrons. The summed E-state index contributed by atoms with van der Waals surface area (Å²) in [6.45, 7) is 2.50. The number of ether oxygens (including phenoxy) is 1. The number of hydrogen-bond acceptors (Lipinski definition) is 10. The van der Waals surface area contributed by atoms with Crippen LogP contribution in [0.2, 0.25) is 0 Å². The number of anilines is 5. The molecule has 2 aromatic carbocycles. The molecular formula is C23H25N9O3S. The smallest absolute Gasteiger partial charge is 0.250 e. The highest BCUT2D eigenvalue weighted by molar-refractivity contribution is 7.92. The Bertz CT molecular complexity index is 1480. The number of benzene rings is 2. The third-order valence-electron chi connectivity index (χ3n) is 5.35. The highest BCUT2D eigenvalue weighted by Crippen LogP contribution is 2.21. The van der Waals surface area contributed by atoms with E-state index in [1.807, 2.05) is 35.4 Å². The largest absolute Gasteiger partial charge is 0.378 e. The van der Waals surface area contributed by atoms with Crippen molar-refractivity contribution in [2.45, 2.75) is 0 Å². The van der Waals surface area contributed by atoms with Crippen molar-refractivity contribution in [1.29, 1.82) is 0 Å². The van der Waals surface area contributed by atoms with Crippen LogP contribution in [0.1, 0.15) is 5.56 Å². The molecule has 0 saturated carbocycles. The number of aromatic amines is 1. The van der Waals surface area contributed by atoms with Crippen LogP contribution in [0.15, 0.2) is 59.8 Å². The Morgan fingerprint density at radius 2 is 1.72 bits per heavy atom. The predicted octanol–water partition coefficient (Wildman–Crippen LogP) is 2.75. The fourth-order valence-electron chi connectivity index (χ4n) is 3.70. The standard InChI is InChI=1S/C23H25N9O3S/c1-36(33,34)31-18-8-6-17(7-9-18)26-21-27-22(29-23(28-21)32-10-12-35-13-11-32)30-25-15-16-14-24-20-5-3-2-4-19(16)20/h2-9,14-15,24,31H,10-13H2,1H3,(H2,26,27,28,29,30)/b25-15+.